The number of nitrogens with zero attached hydrogens (tertiary/aromatic N) is 2. The zero-order valence-electron chi connectivity index (χ0n) is 11.6. The van der Waals surface area contributed by atoms with Gasteiger partial charge in [-0.15, -0.1) is 0 Å². The number of nitro groups is 1. The van der Waals surface area contributed by atoms with E-state index in [-0.39, 0.29) is 18.8 Å². The number of aliphatic carboxylic acids is 1. The molecule has 0 radical (unpaired) electrons. The summed E-state index contributed by atoms with van der Waals surface area (Å²) in [6.07, 6.45) is -0.605. The SMILES string of the molecule is O=C(O)C1CN(C(=O)OCc2ccc([N+](=O)[O-])cc2)CCN1. The van der Waals surface area contributed by atoms with Crippen LogP contribution in [0, 0.1) is 10.1 Å². The highest BCUT2D eigenvalue weighted by molar-refractivity contribution is 5.76. The van der Waals surface area contributed by atoms with Crippen molar-refractivity contribution in [3.8, 4) is 0 Å². The number of carboxylic acid groups (broad SMARTS) is 1. The first-order valence-corrected chi connectivity index (χ1v) is 6.58. The van der Waals surface area contributed by atoms with Crippen LogP contribution in [0.5, 0.6) is 0 Å². The third-order valence-corrected chi connectivity index (χ3v) is 3.24. The Kier molecular flexibility index (Phi) is 4.89. The molecule has 1 unspecified atom stereocenters. The van der Waals surface area contributed by atoms with Crippen molar-refractivity contribution in [2.45, 2.75) is 12.6 Å². The van der Waals surface area contributed by atoms with Crippen molar-refractivity contribution in [1.82, 2.24) is 10.2 Å². The summed E-state index contributed by atoms with van der Waals surface area (Å²) in [4.78, 5) is 34.1. The van der Waals surface area contributed by atoms with E-state index in [0.717, 1.165) is 0 Å². The minimum atomic E-state index is -1.02. The minimum Gasteiger partial charge on any atom is -0.480 e. The van der Waals surface area contributed by atoms with Gasteiger partial charge in [-0.2, -0.15) is 0 Å². The van der Waals surface area contributed by atoms with Gasteiger partial charge in [0.05, 0.1) is 11.5 Å². The van der Waals surface area contributed by atoms with Crippen molar-refractivity contribution in [2.24, 2.45) is 0 Å². The molecule has 1 aliphatic heterocycles. The number of carbonyl (C=O) groups is 2. The Hall–Kier alpha value is -2.68. The highest BCUT2D eigenvalue weighted by atomic mass is 16.6. The molecule has 118 valence electrons. The number of piperazine rings is 1. The molecule has 0 aliphatic carbocycles. The fraction of sp³-hybridized carbons (Fsp3) is 0.385. The first-order valence-electron chi connectivity index (χ1n) is 6.58. The van der Waals surface area contributed by atoms with Gasteiger partial charge in [0.15, 0.2) is 0 Å². The Morgan fingerprint density at radius 1 is 1.41 bits per heavy atom. The molecule has 0 aromatic heterocycles. The summed E-state index contributed by atoms with van der Waals surface area (Å²) in [7, 11) is 0. The molecule has 0 bridgehead atoms. The molecule has 2 N–H and O–H groups in total. The van der Waals surface area contributed by atoms with Gasteiger partial charge in [0.1, 0.15) is 12.6 Å². The zero-order valence-corrected chi connectivity index (χ0v) is 11.6. The minimum absolute atomic E-state index is 0.0293. The number of ether oxygens (including phenoxy) is 1. The lowest BCUT2D eigenvalue weighted by Crippen LogP contribution is -2.55. The summed E-state index contributed by atoms with van der Waals surface area (Å²) < 4.78 is 5.09. The van der Waals surface area contributed by atoms with Crippen molar-refractivity contribution >= 4 is 17.7 Å². The zero-order chi connectivity index (χ0) is 16.1. The second kappa shape index (κ2) is 6.85. The van der Waals surface area contributed by atoms with Crippen LogP contribution >= 0.6 is 0 Å². The monoisotopic (exact) mass is 309 g/mol. The summed E-state index contributed by atoms with van der Waals surface area (Å²) in [6.45, 7) is 0.749. The number of carboxylic acids is 1. The summed E-state index contributed by atoms with van der Waals surface area (Å²) in [5, 5.41) is 22.2. The maximum absolute atomic E-state index is 11.9. The Bertz CT molecular complexity index is 574. The van der Waals surface area contributed by atoms with E-state index in [9.17, 15) is 19.7 Å². The van der Waals surface area contributed by atoms with Gasteiger partial charge in [-0.05, 0) is 17.7 Å². The van der Waals surface area contributed by atoms with E-state index in [1.165, 1.54) is 29.2 Å². The van der Waals surface area contributed by atoms with Gasteiger partial charge in [-0.25, -0.2) is 4.79 Å². The molecule has 1 aliphatic rings. The average Bonchev–Trinajstić information content (AvgIpc) is 2.53. The fourth-order valence-corrected chi connectivity index (χ4v) is 2.03. The van der Waals surface area contributed by atoms with E-state index in [2.05, 4.69) is 5.32 Å². The maximum Gasteiger partial charge on any atom is 0.410 e. The Morgan fingerprint density at radius 3 is 2.68 bits per heavy atom. The molecule has 1 amide bonds. The van der Waals surface area contributed by atoms with Gasteiger partial charge in [0.25, 0.3) is 5.69 Å². The van der Waals surface area contributed by atoms with Crippen LogP contribution in [0.4, 0.5) is 10.5 Å². The molecule has 1 aromatic carbocycles. The Morgan fingerprint density at radius 2 is 2.09 bits per heavy atom. The smallest absolute Gasteiger partial charge is 0.410 e. The summed E-state index contributed by atoms with van der Waals surface area (Å²) in [5.74, 6) is -1.02. The lowest BCUT2D eigenvalue weighted by molar-refractivity contribution is -0.384. The van der Waals surface area contributed by atoms with E-state index in [0.29, 0.717) is 18.7 Å². The van der Waals surface area contributed by atoms with Crippen molar-refractivity contribution < 1.29 is 24.4 Å². The number of hydrogen-bond donors (Lipinski definition) is 2. The number of non-ortho nitro benzene ring substituents is 1. The van der Waals surface area contributed by atoms with Gasteiger partial charge < -0.3 is 20.1 Å². The molecule has 0 spiro atoms. The van der Waals surface area contributed by atoms with Gasteiger partial charge in [-0.1, -0.05) is 0 Å². The number of hydrogen-bond acceptors (Lipinski definition) is 6. The first kappa shape index (κ1) is 15.7. The summed E-state index contributed by atoms with van der Waals surface area (Å²) >= 11 is 0. The van der Waals surface area contributed by atoms with Gasteiger partial charge in [0.2, 0.25) is 0 Å². The molecule has 1 saturated heterocycles. The van der Waals surface area contributed by atoms with Crippen LogP contribution in [0.15, 0.2) is 24.3 Å². The van der Waals surface area contributed by atoms with Crippen LogP contribution in [0.1, 0.15) is 5.56 Å². The van der Waals surface area contributed by atoms with E-state index < -0.39 is 23.0 Å². The van der Waals surface area contributed by atoms with E-state index in [4.69, 9.17) is 9.84 Å². The average molecular weight is 309 g/mol. The fourth-order valence-electron chi connectivity index (χ4n) is 2.03. The van der Waals surface area contributed by atoms with Crippen LogP contribution in [0.25, 0.3) is 0 Å². The molecule has 9 nitrogen and oxygen atoms in total. The van der Waals surface area contributed by atoms with Crippen LogP contribution in [0.3, 0.4) is 0 Å². The highest BCUT2D eigenvalue weighted by Crippen LogP contribution is 2.13. The maximum atomic E-state index is 11.9. The quantitative estimate of drug-likeness (QED) is 0.616. The number of rotatable bonds is 4. The van der Waals surface area contributed by atoms with Gasteiger partial charge in [0, 0.05) is 25.2 Å². The Labute approximate surface area is 125 Å². The summed E-state index contributed by atoms with van der Waals surface area (Å²) in [6, 6.07) is 4.86. The second-order valence-electron chi connectivity index (χ2n) is 4.77. The van der Waals surface area contributed by atoms with Crippen LogP contribution in [0.2, 0.25) is 0 Å². The van der Waals surface area contributed by atoms with Gasteiger partial charge >= 0.3 is 12.1 Å². The van der Waals surface area contributed by atoms with Crippen molar-refractivity contribution in [2.75, 3.05) is 19.6 Å². The molecule has 22 heavy (non-hydrogen) atoms. The molecule has 9 heteroatoms. The molecule has 2 rings (SSSR count). The van der Waals surface area contributed by atoms with Crippen LogP contribution in [-0.2, 0) is 16.1 Å². The first-order chi connectivity index (χ1) is 10.5. The topological polar surface area (TPSA) is 122 Å². The molecular formula is C13H15N3O6. The number of amides is 1. The third kappa shape index (κ3) is 3.92. The molecule has 1 atom stereocenters. The molecule has 1 fully saturated rings. The largest absolute Gasteiger partial charge is 0.480 e. The van der Waals surface area contributed by atoms with E-state index in [1.54, 1.807) is 0 Å². The van der Waals surface area contributed by atoms with Crippen molar-refractivity contribution in [3.63, 3.8) is 0 Å². The highest BCUT2D eigenvalue weighted by Gasteiger charge is 2.28. The molecule has 0 saturated carbocycles. The van der Waals surface area contributed by atoms with E-state index in [1.807, 2.05) is 0 Å². The van der Waals surface area contributed by atoms with E-state index >= 15 is 0 Å². The number of nitro benzene ring substituents is 1. The number of carbonyl (C=O) groups excluding carboxylic acids is 1. The number of benzene rings is 1. The molecule has 1 heterocycles. The van der Waals surface area contributed by atoms with Crippen LogP contribution < -0.4 is 5.32 Å². The van der Waals surface area contributed by atoms with Gasteiger partial charge in [-0.3, -0.25) is 14.9 Å². The Balaban J connectivity index is 1.86. The lowest BCUT2D eigenvalue weighted by atomic mass is 10.2. The van der Waals surface area contributed by atoms with Crippen molar-refractivity contribution in [1.29, 1.82) is 0 Å². The third-order valence-electron chi connectivity index (χ3n) is 3.24. The predicted molar refractivity (Wildman–Crippen MR) is 74.3 cm³/mol. The van der Waals surface area contributed by atoms with Crippen LogP contribution in [-0.4, -0.2) is 52.7 Å². The lowest BCUT2D eigenvalue weighted by Gasteiger charge is -2.30. The standard InChI is InChI=1S/C13H15N3O6/c17-12(18)11-7-15(6-5-14-11)13(19)22-8-9-1-3-10(4-2-9)16(20)21/h1-4,11,14H,5-8H2,(H,17,18). The van der Waals surface area contributed by atoms with Crippen molar-refractivity contribution in [3.05, 3.63) is 39.9 Å². The second-order valence-corrected chi connectivity index (χ2v) is 4.77. The predicted octanol–water partition coefficient (Wildman–Crippen LogP) is 0.590. The molecule has 1 aromatic rings. The molecular weight excluding hydrogens is 294 g/mol. The summed E-state index contributed by atoms with van der Waals surface area (Å²) in [5.41, 5.74) is 0.574. The normalized spacial score (nSPS) is 17.8. The number of nitrogens with one attached hydrogen (secondary N) is 1.